The summed E-state index contributed by atoms with van der Waals surface area (Å²) < 4.78 is 0. The summed E-state index contributed by atoms with van der Waals surface area (Å²) >= 11 is 0. The molecule has 0 aromatic carbocycles. The molecule has 1 N–H and O–H groups in total. The molecule has 2 atom stereocenters. The average Bonchev–Trinajstić information content (AvgIpc) is 2.87. The van der Waals surface area contributed by atoms with E-state index in [1.807, 2.05) is 0 Å². The van der Waals surface area contributed by atoms with E-state index in [2.05, 4.69) is 19.9 Å². The SMILES string of the molecule is CCCC1CCC(O)(C2(C#N)CCC(CC)C2)CC1. The summed E-state index contributed by atoms with van der Waals surface area (Å²) in [5.74, 6) is 1.43. The van der Waals surface area contributed by atoms with Gasteiger partial charge in [0.15, 0.2) is 0 Å². The predicted molar refractivity (Wildman–Crippen MR) is 77.5 cm³/mol. The fourth-order valence-electron chi connectivity index (χ4n) is 4.45. The van der Waals surface area contributed by atoms with E-state index in [4.69, 9.17) is 0 Å². The van der Waals surface area contributed by atoms with Crippen molar-refractivity contribution < 1.29 is 5.11 Å². The molecule has 19 heavy (non-hydrogen) atoms. The fourth-order valence-corrected chi connectivity index (χ4v) is 4.45. The van der Waals surface area contributed by atoms with E-state index in [1.54, 1.807) is 0 Å². The quantitative estimate of drug-likeness (QED) is 0.815. The lowest BCUT2D eigenvalue weighted by Crippen LogP contribution is -2.48. The molecule has 0 spiro atoms. The molecule has 2 nitrogen and oxygen atoms in total. The van der Waals surface area contributed by atoms with Crippen LogP contribution in [0.3, 0.4) is 0 Å². The van der Waals surface area contributed by atoms with Gasteiger partial charge in [-0.25, -0.2) is 0 Å². The third kappa shape index (κ3) is 2.68. The first-order valence-electron chi connectivity index (χ1n) is 8.23. The molecule has 0 saturated heterocycles. The Morgan fingerprint density at radius 3 is 2.21 bits per heavy atom. The van der Waals surface area contributed by atoms with Gasteiger partial charge >= 0.3 is 0 Å². The Hall–Kier alpha value is -0.550. The van der Waals surface area contributed by atoms with Crippen molar-refractivity contribution in [3.8, 4) is 6.07 Å². The van der Waals surface area contributed by atoms with Crippen LogP contribution in [0.1, 0.15) is 78.1 Å². The van der Waals surface area contributed by atoms with Gasteiger partial charge in [-0.3, -0.25) is 0 Å². The molecule has 0 aliphatic heterocycles. The van der Waals surface area contributed by atoms with Crippen molar-refractivity contribution in [1.82, 2.24) is 0 Å². The molecular weight excluding hydrogens is 234 g/mol. The van der Waals surface area contributed by atoms with Gasteiger partial charge in [0.25, 0.3) is 0 Å². The number of hydrogen-bond donors (Lipinski definition) is 1. The zero-order chi connectivity index (χ0) is 13.9. The number of nitriles is 1. The number of hydrogen-bond acceptors (Lipinski definition) is 2. The van der Waals surface area contributed by atoms with E-state index in [-0.39, 0.29) is 0 Å². The molecule has 108 valence electrons. The number of rotatable bonds is 4. The van der Waals surface area contributed by atoms with Gasteiger partial charge in [-0.15, -0.1) is 0 Å². The Morgan fingerprint density at radius 1 is 1.11 bits per heavy atom. The minimum Gasteiger partial charge on any atom is -0.388 e. The summed E-state index contributed by atoms with van der Waals surface area (Å²) in [6.07, 6.45) is 10.6. The molecule has 0 amide bonds. The van der Waals surface area contributed by atoms with E-state index in [0.29, 0.717) is 5.92 Å². The van der Waals surface area contributed by atoms with Crippen molar-refractivity contribution in [3.63, 3.8) is 0 Å². The molecule has 0 heterocycles. The van der Waals surface area contributed by atoms with Gasteiger partial charge in [0.1, 0.15) is 0 Å². The highest BCUT2D eigenvalue weighted by Crippen LogP contribution is 2.55. The Morgan fingerprint density at radius 2 is 1.74 bits per heavy atom. The van der Waals surface area contributed by atoms with Crippen LogP contribution in [0, 0.1) is 28.6 Å². The predicted octanol–water partition coefficient (Wildman–Crippen LogP) is 4.43. The van der Waals surface area contributed by atoms with Gasteiger partial charge in [-0.05, 0) is 56.8 Å². The van der Waals surface area contributed by atoms with E-state index >= 15 is 0 Å². The summed E-state index contributed by atoms with van der Waals surface area (Å²) in [5.41, 5.74) is -1.14. The second-order valence-corrected chi connectivity index (χ2v) is 6.97. The summed E-state index contributed by atoms with van der Waals surface area (Å²) in [6, 6.07) is 2.55. The lowest BCUT2D eigenvalue weighted by molar-refractivity contribution is -0.0908. The molecule has 2 rings (SSSR count). The molecular formula is C17H29NO. The average molecular weight is 263 g/mol. The Labute approximate surface area is 118 Å². The van der Waals surface area contributed by atoms with Crippen molar-refractivity contribution in [1.29, 1.82) is 5.26 Å². The van der Waals surface area contributed by atoms with Crippen LogP contribution in [0.5, 0.6) is 0 Å². The van der Waals surface area contributed by atoms with Crippen molar-refractivity contribution in [2.45, 2.75) is 83.7 Å². The molecule has 2 unspecified atom stereocenters. The standard InChI is InChI=1S/C17H29NO/c1-3-5-15-7-10-17(19,11-8-15)16(13-18)9-6-14(4-2)12-16/h14-15,19H,3-12H2,1-2H3. The van der Waals surface area contributed by atoms with E-state index in [0.717, 1.165) is 57.3 Å². The van der Waals surface area contributed by atoms with Gasteiger partial charge in [0, 0.05) is 0 Å². The monoisotopic (exact) mass is 263 g/mol. The number of aliphatic hydroxyl groups is 1. The topological polar surface area (TPSA) is 44.0 Å². The lowest BCUT2D eigenvalue weighted by Gasteiger charge is -2.45. The zero-order valence-corrected chi connectivity index (χ0v) is 12.6. The first kappa shape index (κ1) is 14.9. The molecule has 2 aliphatic carbocycles. The maximum Gasteiger partial charge on any atom is 0.0863 e. The molecule has 0 aromatic heterocycles. The fraction of sp³-hybridized carbons (Fsp3) is 0.941. The highest BCUT2D eigenvalue weighted by Gasteiger charge is 2.55. The van der Waals surface area contributed by atoms with Crippen molar-refractivity contribution >= 4 is 0 Å². The molecule has 0 aromatic rings. The van der Waals surface area contributed by atoms with E-state index < -0.39 is 11.0 Å². The van der Waals surface area contributed by atoms with Crippen LogP contribution >= 0.6 is 0 Å². The maximum atomic E-state index is 11.1. The first-order valence-corrected chi connectivity index (χ1v) is 8.23. The van der Waals surface area contributed by atoms with Gasteiger partial charge < -0.3 is 5.11 Å². The van der Waals surface area contributed by atoms with Crippen molar-refractivity contribution in [2.24, 2.45) is 17.3 Å². The van der Waals surface area contributed by atoms with Crippen LogP contribution < -0.4 is 0 Å². The van der Waals surface area contributed by atoms with Crippen LogP contribution in [-0.4, -0.2) is 10.7 Å². The van der Waals surface area contributed by atoms with E-state index in [1.165, 1.54) is 12.8 Å². The summed E-state index contributed by atoms with van der Waals surface area (Å²) in [4.78, 5) is 0. The third-order valence-corrected chi connectivity index (χ3v) is 5.93. The summed E-state index contributed by atoms with van der Waals surface area (Å²) in [5, 5.41) is 20.8. The van der Waals surface area contributed by atoms with Crippen LogP contribution in [0.2, 0.25) is 0 Å². The van der Waals surface area contributed by atoms with Gasteiger partial charge in [-0.1, -0.05) is 33.1 Å². The van der Waals surface area contributed by atoms with Gasteiger partial charge in [0.2, 0.25) is 0 Å². The molecule has 0 radical (unpaired) electrons. The normalized spacial score (nSPS) is 43.1. The van der Waals surface area contributed by atoms with Gasteiger partial charge in [-0.2, -0.15) is 5.26 Å². The molecule has 2 saturated carbocycles. The molecule has 2 heteroatoms. The highest BCUT2D eigenvalue weighted by atomic mass is 16.3. The zero-order valence-electron chi connectivity index (χ0n) is 12.6. The largest absolute Gasteiger partial charge is 0.388 e. The van der Waals surface area contributed by atoms with Crippen LogP contribution in [0.15, 0.2) is 0 Å². The maximum absolute atomic E-state index is 11.1. The lowest BCUT2D eigenvalue weighted by atomic mass is 9.62. The smallest absolute Gasteiger partial charge is 0.0863 e. The van der Waals surface area contributed by atoms with Crippen molar-refractivity contribution in [2.75, 3.05) is 0 Å². The van der Waals surface area contributed by atoms with Crippen LogP contribution in [0.4, 0.5) is 0 Å². The first-order chi connectivity index (χ1) is 9.09. The Bertz CT molecular complexity index is 338. The minimum atomic E-state index is -0.699. The summed E-state index contributed by atoms with van der Waals surface area (Å²) in [6.45, 7) is 4.45. The van der Waals surface area contributed by atoms with Crippen LogP contribution in [-0.2, 0) is 0 Å². The number of nitrogens with zero attached hydrogens (tertiary/aromatic N) is 1. The second kappa shape index (κ2) is 5.83. The second-order valence-electron chi connectivity index (χ2n) is 6.97. The Kier molecular flexibility index (Phi) is 4.56. The van der Waals surface area contributed by atoms with Gasteiger partial charge in [0.05, 0.1) is 17.1 Å². The molecule has 0 bridgehead atoms. The molecule has 2 fully saturated rings. The minimum absolute atomic E-state index is 0.440. The van der Waals surface area contributed by atoms with E-state index in [9.17, 15) is 10.4 Å². The highest BCUT2D eigenvalue weighted by molar-refractivity contribution is 5.15. The molecule has 2 aliphatic rings. The van der Waals surface area contributed by atoms with Crippen molar-refractivity contribution in [3.05, 3.63) is 0 Å². The Balaban J connectivity index is 2.06. The summed E-state index contributed by atoms with van der Waals surface area (Å²) in [7, 11) is 0. The third-order valence-electron chi connectivity index (χ3n) is 5.93. The van der Waals surface area contributed by atoms with Crippen LogP contribution in [0.25, 0.3) is 0 Å².